The van der Waals surface area contributed by atoms with Crippen LogP contribution in [0, 0.1) is 0 Å². The number of urea groups is 1. The second-order valence-electron chi connectivity index (χ2n) is 6.29. The first kappa shape index (κ1) is 20.5. The summed E-state index contributed by atoms with van der Waals surface area (Å²) in [4.78, 5) is 14.6. The SMILES string of the molecule is CCOc1ccc(N(C/C=C/c2ccccc2)C(=O)Nc2cccc(Cl)c2)cc1. The molecule has 148 valence electrons. The van der Waals surface area contributed by atoms with E-state index in [4.69, 9.17) is 16.3 Å². The first-order chi connectivity index (χ1) is 14.2. The van der Waals surface area contributed by atoms with E-state index in [9.17, 15) is 4.79 Å². The van der Waals surface area contributed by atoms with Crippen molar-refractivity contribution in [3.8, 4) is 5.75 Å². The van der Waals surface area contributed by atoms with Gasteiger partial charge < -0.3 is 10.1 Å². The molecule has 0 saturated carbocycles. The molecule has 0 fully saturated rings. The Balaban J connectivity index is 1.79. The van der Waals surface area contributed by atoms with E-state index in [-0.39, 0.29) is 6.03 Å². The highest BCUT2D eigenvalue weighted by Crippen LogP contribution is 2.22. The summed E-state index contributed by atoms with van der Waals surface area (Å²) in [5, 5.41) is 3.48. The summed E-state index contributed by atoms with van der Waals surface area (Å²) in [7, 11) is 0. The largest absolute Gasteiger partial charge is 0.494 e. The molecule has 5 heteroatoms. The van der Waals surface area contributed by atoms with Crippen LogP contribution in [0.1, 0.15) is 12.5 Å². The molecule has 1 N–H and O–H groups in total. The van der Waals surface area contributed by atoms with E-state index in [2.05, 4.69) is 5.32 Å². The molecular formula is C24H23ClN2O2. The number of hydrogen-bond donors (Lipinski definition) is 1. The zero-order chi connectivity index (χ0) is 20.5. The molecule has 0 heterocycles. The highest BCUT2D eigenvalue weighted by molar-refractivity contribution is 6.30. The molecular weight excluding hydrogens is 384 g/mol. The number of anilines is 2. The molecule has 0 aliphatic heterocycles. The van der Waals surface area contributed by atoms with E-state index in [0.29, 0.717) is 23.9 Å². The molecule has 0 bridgehead atoms. The number of hydrogen-bond acceptors (Lipinski definition) is 2. The lowest BCUT2D eigenvalue weighted by Crippen LogP contribution is -2.35. The monoisotopic (exact) mass is 406 g/mol. The number of halogens is 1. The maximum atomic E-state index is 13.0. The van der Waals surface area contributed by atoms with Gasteiger partial charge in [0, 0.05) is 22.9 Å². The molecule has 0 aliphatic carbocycles. The lowest BCUT2D eigenvalue weighted by atomic mass is 10.2. The van der Waals surface area contributed by atoms with Crippen molar-refractivity contribution >= 4 is 35.1 Å². The first-order valence-corrected chi connectivity index (χ1v) is 9.82. The molecule has 0 saturated heterocycles. The highest BCUT2D eigenvalue weighted by Gasteiger charge is 2.15. The third-order valence-electron chi connectivity index (χ3n) is 4.18. The van der Waals surface area contributed by atoms with Gasteiger partial charge in [-0.1, -0.05) is 60.2 Å². The average molecular weight is 407 g/mol. The number of rotatable bonds is 7. The van der Waals surface area contributed by atoms with Crippen LogP contribution in [0.4, 0.5) is 16.2 Å². The fourth-order valence-corrected chi connectivity index (χ4v) is 3.00. The fourth-order valence-electron chi connectivity index (χ4n) is 2.81. The fraction of sp³-hybridized carbons (Fsp3) is 0.125. The maximum absolute atomic E-state index is 13.0. The van der Waals surface area contributed by atoms with Crippen molar-refractivity contribution in [2.45, 2.75) is 6.92 Å². The summed E-state index contributed by atoms with van der Waals surface area (Å²) < 4.78 is 5.50. The van der Waals surface area contributed by atoms with Gasteiger partial charge in [0.25, 0.3) is 0 Å². The maximum Gasteiger partial charge on any atom is 0.326 e. The van der Waals surface area contributed by atoms with Gasteiger partial charge in [0.2, 0.25) is 0 Å². The standard InChI is InChI=1S/C24H23ClN2O2/c1-2-29-23-15-13-22(14-16-23)27(17-7-10-19-8-4-3-5-9-19)24(28)26-21-12-6-11-20(25)18-21/h3-16,18H,2,17H2,1H3,(H,26,28)/b10-7+. The second kappa shape index (κ2) is 10.3. The molecule has 0 spiro atoms. The quantitative estimate of drug-likeness (QED) is 0.487. The second-order valence-corrected chi connectivity index (χ2v) is 6.73. The average Bonchev–Trinajstić information content (AvgIpc) is 2.73. The Morgan fingerprint density at radius 3 is 2.48 bits per heavy atom. The van der Waals surface area contributed by atoms with Gasteiger partial charge in [0.1, 0.15) is 5.75 Å². The van der Waals surface area contributed by atoms with Gasteiger partial charge in [-0.05, 0) is 55.0 Å². The summed E-state index contributed by atoms with van der Waals surface area (Å²) in [5.41, 5.74) is 2.49. The predicted octanol–water partition coefficient (Wildman–Crippen LogP) is 6.49. The lowest BCUT2D eigenvalue weighted by molar-refractivity contribution is 0.257. The number of carbonyl (C=O) groups excluding carboxylic acids is 1. The zero-order valence-electron chi connectivity index (χ0n) is 16.2. The van der Waals surface area contributed by atoms with Crippen molar-refractivity contribution in [2.75, 3.05) is 23.4 Å². The first-order valence-electron chi connectivity index (χ1n) is 9.44. The van der Waals surface area contributed by atoms with Crippen LogP contribution in [0.2, 0.25) is 5.02 Å². The third-order valence-corrected chi connectivity index (χ3v) is 4.41. The predicted molar refractivity (Wildman–Crippen MR) is 121 cm³/mol. The lowest BCUT2D eigenvalue weighted by Gasteiger charge is -2.22. The summed E-state index contributed by atoms with van der Waals surface area (Å²) in [6, 6.07) is 24.3. The van der Waals surface area contributed by atoms with Crippen LogP contribution in [0.3, 0.4) is 0 Å². The Kier molecular flexibility index (Phi) is 7.31. The Morgan fingerprint density at radius 2 is 1.79 bits per heavy atom. The van der Waals surface area contributed by atoms with Crippen molar-refractivity contribution in [3.05, 3.63) is 95.5 Å². The van der Waals surface area contributed by atoms with E-state index in [1.54, 1.807) is 29.2 Å². The van der Waals surface area contributed by atoms with Crippen LogP contribution in [-0.2, 0) is 0 Å². The van der Waals surface area contributed by atoms with Gasteiger partial charge in [-0.15, -0.1) is 0 Å². The molecule has 29 heavy (non-hydrogen) atoms. The molecule has 0 unspecified atom stereocenters. The van der Waals surface area contributed by atoms with Crippen molar-refractivity contribution in [1.29, 1.82) is 0 Å². The molecule has 0 radical (unpaired) electrons. The third kappa shape index (κ3) is 6.13. The topological polar surface area (TPSA) is 41.6 Å². The van der Waals surface area contributed by atoms with E-state index in [0.717, 1.165) is 17.0 Å². The van der Waals surface area contributed by atoms with Gasteiger partial charge in [-0.3, -0.25) is 4.90 Å². The molecule has 0 aromatic heterocycles. The summed E-state index contributed by atoms with van der Waals surface area (Å²) in [6.07, 6.45) is 3.96. The van der Waals surface area contributed by atoms with Crippen LogP contribution in [0.15, 0.2) is 84.9 Å². The highest BCUT2D eigenvalue weighted by atomic mass is 35.5. The Hall–Kier alpha value is -3.24. The molecule has 3 aromatic carbocycles. The van der Waals surface area contributed by atoms with Gasteiger partial charge in [-0.2, -0.15) is 0 Å². The number of ether oxygens (including phenoxy) is 1. The van der Waals surface area contributed by atoms with Crippen LogP contribution < -0.4 is 15.0 Å². The molecule has 2 amide bonds. The van der Waals surface area contributed by atoms with Crippen LogP contribution in [0.25, 0.3) is 6.08 Å². The van der Waals surface area contributed by atoms with Crippen molar-refractivity contribution in [2.24, 2.45) is 0 Å². The molecule has 0 aliphatic rings. The molecule has 3 rings (SSSR count). The number of nitrogens with one attached hydrogen (secondary N) is 1. The minimum absolute atomic E-state index is 0.242. The molecule has 0 atom stereocenters. The summed E-state index contributed by atoms with van der Waals surface area (Å²) in [6.45, 7) is 2.94. The van der Waals surface area contributed by atoms with Gasteiger partial charge in [0.15, 0.2) is 0 Å². The minimum atomic E-state index is -0.242. The van der Waals surface area contributed by atoms with Crippen molar-refractivity contribution in [3.63, 3.8) is 0 Å². The van der Waals surface area contributed by atoms with Crippen LogP contribution in [0.5, 0.6) is 5.75 Å². The van der Waals surface area contributed by atoms with Crippen LogP contribution >= 0.6 is 11.6 Å². The van der Waals surface area contributed by atoms with E-state index in [1.807, 2.05) is 73.7 Å². The van der Waals surface area contributed by atoms with Gasteiger partial charge in [-0.25, -0.2) is 4.79 Å². The smallest absolute Gasteiger partial charge is 0.326 e. The number of carbonyl (C=O) groups is 1. The van der Waals surface area contributed by atoms with Crippen LogP contribution in [-0.4, -0.2) is 19.2 Å². The molecule has 4 nitrogen and oxygen atoms in total. The Labute approximate surface area is 176 Å². The van der Waals surface area contributed by atoms with Crippen molar-refractivity contribution < 1.29 is 9.53 Å². The summed E-state index contributed by atoms with van der Waals surface area (Å²) >= 11 is 6.03. The zero-order valence-corrected chi connectivity index (χ0v) is 17.0. The normalized spacial score (nSPS) is 10.7. The van der Waals surface area contributed by atoms with Gasteiger partial charge in [0.05, 0.1) is 6.61 Å². The Morgan fingerprint density at radius 1 is 1.03 bits per heavy atom. The van der Waals surface area contributed by atoms with E-state index >= 15 is 0 Å². The van der Waals surface area contributed by atoms with Gasteiger partial charge >= 0.3 is 6.03 Å². The number of benzene rings is 3. The van der Waals surface area contributed by atoms with E-state index < -0.39 is 0 Å². The van der Waals surface area contributed by atoms with E-state index in [1.165, 1.54) is 0 Å². The number of nitrogens with zero attached hydrogens (tertiary/aromatic N) is 1. The summed E-state index contributed by atoms with van der Waals surface area (Å²) in [5.74, 6) is 0.770. The minimum Gasteiger partial charge on any atom is -0.494 e. The molecule has 3 aromatic rings. The Bertz CT molecular complexity index is 956. The van der Waals surface area contributed by atoms with Crippen molar-refractivity contribution in [1.82, 2.24) is 0 Å². The number of amides is 2.